The van der Waals surface area contributed by atoms with Gasteiger partial charge in [-0.25, -0.2) is 4.90 Å². The maximum atomic E-state index is 13.9. The van der Waals surface area contributed by atoms with Gasteiger partial charge in [0.1, 0.15) is 9.75 Å². The molecule has 1 fully saturated rings. The molecule has 3 aromatic rings. The van der Waals surface area contributed by atoms with Gasteiger partial charge in [0.15, 0.2) is 0 Å². The van der Waals surface area contributed by atoms with Gasteiger partial charge in [-0.1, -0.05) is 64.5 Å². The van der Waals surface area contributed by atoms with Gasteiger partial charge in [-0.3, -0.25) is 9.59 Å². The molecule has 3 aromatic carbocycles. The normalized spacial score (nSPS) is 30.3. The number of carbonyl (C=O) groups is 2. The molecule has 3 aliphatic carbocycles. The van der Waals surface area contributed by atoms with Crippen LogP contribution in [0.4, 0.5) is 5.69 Å². The zero-order valence-corrected chi connectivity index (χ0v) is 19.5. The number of hydrogen-bond donors (Lipinski definition) is 0. The van der Waals surface area contributed by atoms with Crippen molar-refractivity contribution < 1.29 is 9.59 Å². The van der Waals surface area contributed by atoms with Gasteiger partial charge in [-0.2, -0.15) is 0 Å². The van der Waals surface area contributed by atoms with Crippen LogP contribution >= 0.6 is 39.1 Å². The van der Waals surface area contributed by atoms with E-state index in [0.29, 0.717) is 5.69 Å². The Morgan fingerprint density at radius 3 is 1.58 bits per heavy atom. The van der Waals surface area contributed by atoms with Crippen molar-refractivity contribution in [1.29, 1.82) is 0 Å². The molecule has 154 valence electrons. The predicted molar refractivity (Wildman–Crippen MR) is 125 cm³/mol. The average Bonchev–Trinajstić information content (AvgIpc) is 3.04. The van der Waals surface area contributed by atoms with Crippen molar-refractivity contribution in [2.45, 2.75) is 16.7 Å². The summed E-state index contributed by atoms with van der Waals surface area (Å²) >= 11 is 18.3. The van der Waals surface area contributed by atoms with Crippen LogP contribution in [0.15, 0.2) is 71.2 Å². The second kappa shape index (κ2) is 6.22. The Morgan fingerprint density at radius 1 is 0.774 bits per heavy atom. The van der Waals surface area contributed by atoms with Crippen LogP contribution in [0.2, 0.25) is 0 Å². The number of hydrogen-bond acceptors (Lipinski definition) is 2. The highest BCUT2D eigenvalue weighted by atomic mass is 79.9. The van der Waals surface area contributed by atoms with Crippen LogP contribution in [0.1, 0.15) is 27.8 Å². The van der Waals surface area contributed by atoms with Crippen LogP contribution in [0.25, 0.3) is 0 Å². The van der Waals surface area contributed by atoms with E-state index < -0.39 is 21.6 Å². The molecule has 2 amide bonds. The summed E-state index contributed by atoms with van der Waals surface area (Å²) < 4.78 is 0.882. The molecule has 0 spiro atoms. The van der Waals surface area contributed by atoms with Crippen molar-refractivity contribution in [2.75, 3.05) is 4.90 Å². The highest BCUT2D eigenvalue weighted by Crippen LogP contribution is 2.69. The molecular formula is C25H16BrCl2NO2. The van der Waals surface area contributed by atoms with E-state index in [2.05, 4.69) is 15.9 Å². The molecule has 7 rings (SSSR count). The molecule has 3 nitrogen and oxygen atoms in total. The number of anilines is 1. The van der Waals surface area contributed by atoms with Crippen LogP contribution in [0.3, 0.4) is 0 Å². The molecule has 4 aliphatic rings. The van der Waals surface area contributed by atoms with Crippen molar-refractivity contribution in [3.8, 4) is 0 Å². The van der Waals surface area contributed by atoms with Crippen LogP contribution in [-0.2, 0) is 19.3 Å². The first-order valence-electron chi connectivity index (χ1n) is 10.0. The molecule has 1 aliphatic heterocycles. The van der Waals surface area contributed by atoms with E-state index >= 15 is 0 Å². The number of nitrogens with zero attached hydrogens (tertiary/aromatic N) is 1. The smallest absolute Gasteiger partial charge is 0.240 e. The number of benzene rings is 3. The molecule has 0 aromatic heterocycles. The molecular weight excluding hydrogens is 497 g/mol. The minimum atomic E-state index is -1.15. The summed E-state index contributed by atoms with van der Waals surface area (Å²) in [5.74, 6) is -2.17. The third kappa shape index (κ3) is 2.16. The number of carbonyl (C=O) groups excluding carboxylic acids is 2. The third-order valence-electron chi connectivity index (χ3n) is 6.99. The Labute approximate surface area is 198 Å². The van der Waals surface area contributed by atoms with Crippen molar-refractivity contribution in [3.63, 3.8) is 0 Å². The van der Waals surface area contributed by atoms with Crippen molar-refractivity contribution >= 4 is 56.6 Å². The lowest BCUT2D eigenvalue weighted by atomic mass is 9.54. The van der Waals surface area contributed by atoms with Crippen LogP contribution in [0, 0.1) is 18.8 Å². The van der Waals surface area contributed by atoms with E-state index in [1.807, 2.05) is 67.6 Å². The molecule has 6 heteroatoms. The van der Waals surface area contributed by atoms with E-state index in [1.165, 1.54) is 4.90 Å². The van der Waals surface area contributed by atoms with Gasteiger partial charge in [0.25, 0.3) is 0 Å². The van der Waals surface area contributed by atoms with Gasteiger partial charge >= 0.3 is 0 Å². The summed E-state index contributed by atoms with van der Waals surface area (Å²) in [6.45, 7) is 1.88. The predicted octanol–water partition coefficient (Wildman–Crippen LogP) is 5.86. The molecule has 1 heterocycles. The van der Waals surface area contributed by atoms with Crippen molar-refractivity contribution in [3.05, 3.63) is 99.0 Å². The monoisotopic (exact) mass is 511 g/mol. The van der Waals surface area contributed by atoms with Gasteiger partial charge in [-0.05, 0) is 52.9 Å². The molecule has 0 saturated carbocycles. The fraction of sp³-hybridized carbons (Fsp3) is 0.200. The van der Waals surface area contributed by atoms with Crippen LogP contribution in [-0.4, -0.2) is 11.8 Å². The summed E-state index contributed by atoms with van der Waals surface area (Å²) in [6.07, 6.45) is 0. The number of rotatable bonds is 1. The topological polar surface area (TPSA) is 37.4 Å². The van der Waals surface area contributed by atoms with E-state index in [9.17, 15) is 9.59 Å². The minimum absolute atomic E-state index is 0.301. The summed E-state index contributed by atoms with van der Waals surface area (Å²) in [7, 11) is 0. The lowest BCUT2D eigenvalue weighted by Gasteiger charge is -2.54. The van der Waals surface area contributed by atoms with Gasteiger partial charge in [0, 0.05) is 4.47 Å². The van der Waals surface area contributed by atoms with E-state index in [1.54, 1.807) is 6.07 Å². The first kappa shape index (κ1) is 19.5. The summed E-state index contributed by atoms with van der Waals surface area (Å²) in [6, 6.07) is 20.8. The first-order valence-corrected chi connectivity index (χ1v) is 11.6. The Balaban J connectivity index is 1.66. The number of aryl methyl sites for hydroxylation is 1. The van der Waals surface area contributed by atoms with Crippen LogP contribution in [0.5, 0.6) is 0 Å². The number of halogens is 3. The first-order chi connectivity index (χ1) is 14.8. The summed E-state index contributed by atoms with van der Waals surface area (Å²) in [5, 5.41) is 0. The Kier molecular flexibility index (Phi) is 3.92. The Morgan fingerprint density at radius 2 is 1.19 bits per heavy atom. The quantitative estimate of drug-likeness (QED) is 0.302. The standard InChI is InChI=1S/C25H16BrCl2NO2/c1-13-12-14(26)10-11-19(13)29-22(30)20-21(23(29)31)25(28)16-7-3-2-6-15(16)24(20,27)17-8-4-5-9-18(17)25/h2-12,20-21H,1H3/t20-,21+,24?,25?. The minimum Gasteiger partial charge on any atom is -0.274 e. The summed E-state index contributed by atoms with van der Waals surface area (Å²) in [5.41, 5.74) is 4.62. The van der Waals surface area contributed by atoms with Gasteiger partial charge < -0.3 is 0 Å². The molecule has 2 atom stereocenters. The SMILES string of the molecule is Cc1cc(Br)ccc1N1C(=O)[C@@H]2[C@H](C1=O)C1(Cl)c3ccccc3C2(Cl)c2ccccc21. The maximum absolute atomic E-state index is 13.9. The second-order valence-electron chi connectivity index (χ2n) is 8.41. The molecule has 0 N–H and O–H groups in total. The highest BCUT2D eigenvalue weighted by molar-refractivity contribution is 9.10. The number of imide groups is 1. The lowest BCUT2D eigenvalue weighted by Crippen LogP contribution is -2.57. The second-order valence-corrected chi connectivity index (χ2v) is 10.5. The van der Waals surface area contributed by atoms with Crippen LogP contribution < -0.4 is 4.90 Å². The van der Waals surface area contributed by atoms with E-state index in [0.717, 1.165) is 32.3 Å². The molecule has 1 saturated heterocycles. The molecule has 31 heavy (non-hydrogen) atoms. The Bertz CT molecular complexity index is 1200. The van der Waals surface area contributed by atoms with E-state index in [-0.39, 0.29) is 11.8 Å². The molecule has 0 radical (unpaired) electrons. The van der Waals surface area contributed by atoms with Crippen molar-refractivity contribution in [1.82, 2.24) is 0 Å². The van der Waals surface area contributed by atoms with Gasteiger partial charge in [0.2, 0.25) is 11.8 Å². The van der Waals surface area contributed by atoms with E-state index in [4.69, 9.17) is 23.2 Å². The maximum Gasteiger partial charge on any atom is 0.240 e. The molecule has 0 unspecified atom stereocenters. The lowest BCUT2D eigenvalue weighted by molar-refractivity contribution is -0.122. The largest absolute Gasteiger partial charge is 0.274 e. The summed E-state index contributed by atoms with van der Waals surface area (Å²) in [4.78, 5) is 26.8. The number of amides is 2. The fourth-order valence-electron chi connectivity index (χ4n) is 5.77. The van der Waals surface area contributed by atoms with Gasteiger partial charge in [-0.15, -0.1) is 23.2 Å². The third-order valence-corrected chi connectivity index (χ3v) is 8.76. The number of alkyl halides is 2. The van der Waals surface area contributed by atoms with Gasteiger partial charge in [0.05, 0.1) is 17.5 Å². The highest BCUT2D eigenvalue weighted by Gasteiger charge is 2.73. The Hall–Kier alpha value is -2.14. The zero-order chi connectivity index (χ0) is 21.7. The zero-order valence-electron chi connectivity index (χ0n) is 16.4. The fourth-order valence-corrected chi connectivity index (χ4v) is 7.35. The molecule has 2 bridgehead atoms. The van der Waals surface area contributed by atoms with Crippen molar-refractivity contribution in [2.24, 2.45) is 11.8 Å². The average molecular weight is 513 g/mol.